The van der Waals surface area contributed by atoms with E-state index in [1.807, 2.05) is 37.3 Å². The fourth-order valence-corrected chi connectivity index (χ4v) is 3.48. The summed E-state index contributed by atoms with van der Waals surface area (Å²) in [5, 5.41) is 18.8. The molecule has 126 valence electrons. The van der Waals surface area contributed by atoms with Gasteiger partial charge in [0.15, 0.2) is 0 Å². The highest BCUT2D eigenvalue weighted by Gasteiger charge is 2.15. The third kappa shape index (κ3) is 2.51. The van der Waals surface area contributed by atoms with Gasteiger partial charge in [-0.3, -0.25) is 5.10 Å². The van der Waals surface area contributed by atoms with Gasteiger partial charge in [-0.15, -0.1) is 10.2 Å². The van der Waals surface area contributed by atoms with Crippen LogP contribution in [-0.4, -0.2) is 30.4 Å². The molecule has 0 amide bonds. The zero-order valence-electron chi connectivity index (χ0n) is 13.7. The minimum atomic E-state index is 0.411. The molecule has 0 saturated heterocycles. The lowest BCUT2D eigenvalue weighted by atomic mass is 10.1. The Labute approximate surface area is 151 Å². The summed E-state index contributed by atoms with van der Waals surface area (Å²) in [5.41, 5.74) is 3.26. The van der Waals surface area contributed by atoms with Gasteiger partial charge >= 0.3 is 0 Å². The molecule has 0 radical (unpaired) electrons. The smallest absolute Gasteiger partial charge is 0.283 e. The summed E-state index contributed by atoms with van der Waals surface area (Å²) in [4.78, 5) is 8.52. The van der Waals surface area contributed by atoms with Crippen LogP contribution in [0.15, 0.2) is 63.5 Å². The molecule has 0 aliphatic heterocycles. The van der Waals surface area contributed by atoms with E-state index < -0.39 is 0 Å². The van der Waals surface area contributed by atoms with Gasteiger partial charge in [0.25, 0.3) is 5.22 Å². The number of benzene rings is 2. The fraction of sp³-hybridized carbons (Fsp3) is 0.0556. The number of aromatic amines is 1. The quantitative estimate of drug-likeness (QED) is 0.486. The van der Waals surface area contributed by atoms with E-state index in [1.165, 1.54) is 23.5 Å². The first kappa shape index (κ1) is 15.0. The van der Waals surface area contributed by atoms with Crippen LogP contribution in [0.25, 0.3) is 33.3 Å². The molecule has 0 aliphatic carbocycles. The molecule has 5 aromatic rings. The Morgan fingerprint density at radius 3 is 2.77 bits per heavy atom. The summed E-state index contributed by atoms with van der Waals surface area (Å²) in [6.07, 6.45) is 1.51. The van der Waals surface area contributed by atoms with E-state index in [-0.39, 0.29) is 0 Å². The van der Waals surface area contributed by atoms with E-state index in [0.29, 0.717) is 21.7 Å². The second-order valence-corrected chi connectivity index (χ2v) is 6.70. The Bertz CT molecular complexity index is 1240. The molecule has 1 N–H and O–H groups in total. The van der Waals surface area contributed by atoms with Crippen LogP contribution in [0.4, 0.5) is 0 Å². The van der Waals surface area contributed by atoms with Gasteiger partial charge in [0, 0.05) is 5.56 Å². The Morgan fingerprint density at radius 1 is 0.962 bits per heavy atom. The number of nitrogens with zero attached hydrogens (tertiary/aromatic N) is 5. The van der Waals surface area contributed by atoms with Crippen LogP contribution in [0, 0.1) is 6.92 Å². The van der Waals surface area contributed by atoms with Crippen molar-refractivity contribution in [2.45, 2.75) is 17.2 Å². The molecule has 26 heavy (non-hydrogen) atoms. The molecule has 0 atom stereocenters. The Morgan fingerprint density at radius 2 is 1.85 bits per heavy atom. The Kier molecular flexibility index (Phi) is 3.42. The molecule has 3 heterocycles. The largest absolute Gasteiger partial charge is 0.411 e. The molecule has 7 nitrogen and oxygen atoms in total. The molecule has 8 heteroatoms. The normalized spacial score (nSPS) is 11.4. The summed E-state index contributed by atoms with van der Waals surface area (Å²) in [5.74, 6) is 0.474. The third-order valence-corrected chi connectivity index (χ3v) is 4.90. The Hall–Kier alpha value is -3.26. The van der Waals surface area contributed by atoms with Crippen molar-refractivity contribution in [2.24, 2.45) is 0 Å². The van der Waals surface area contributed by atoms with Gasteiger partial charge in [-0.25, -0.2) is 9.97 Å². The minimum Gasteiger partial charge on any atom is -0.411 e. The number of fused-ring (bicyclic) bond motifs is 2. The number of rotatable bonds is 3. The van der Waals surface area contributed by atoms with Crippen LogP contribution in [0.3, 0.4) is 0 Å². The zero-order valence-corrected chi connectivity index (χ0v) is 14.5. The second kappa shape index (κ2) is 5.92. The molecule has 0 bridgehead atoms. The van der Waals surface area contributed by atoms with Gasteiger partial charge in [0.05, 0.1) is 5.69 Å². The number of aromatic nitrogens is 6. The van der Waals surface area contributed by atoms with Gasteiger partial charge in [-0.2, -0.15) is 5.10 Å². The van der Waals surface area contributed by atoms with E-state index in [4.69, 9.17) is 4.42 Å². The van der Waals surface area contributed by atoms with Crippen LogP contribution in [-0.2, 0) is 0 Å². The first-order valence-electron chi connectivity index (χ1n) is 7.94. The van der Waals surface area contributed by atoms with E-state index >= 15 is 0 Å². The van der Waals surface area contributed by atoms with Crippen LogP contribution >= 0.6 is 11.8 Å². The third-order valence-electron chi connectivity index (χ3n) is 4.07. The molecule has 0 unspecified atom stereocenters. The van der Waals surface area contributed by atoms with Crippen molar-refractivity contribution >= 4 is 33.6 Å². The summed E-state index contributed by atoms with van der Waals surface area (Å²) < 4.78 is 5.82. The first-order chi connectivity index (χ1) is 12.8. The highest BCUT2D eigenvalue weighted by Crippen LogP contribution is 2.32. The van der Waals surface area contributed by atoms with Gasteiger partial charge < -0.3 is 4.42 Å². The highest BCUT2D eigenvalue weighted by molar-refractivity contribution is 7.99. The number of aryl methyl sites for hydroxylation is 1. The van der Waals surface area contributed by atoms with Crippen molar-refractivity contribution < 1.29 is 4.42 Å². The lowest BCUT2D eigenvalue weighted by Gasteiger charge is -1.99. The number of hydrogen-bond donors (Lipinski definition) is 1. The van der Waals surface area contributed by atoms with E-state index in [9.17, 15) is 0 Å². The standard InChI is InChI=1S/C18H12N6OS/c1-10-14-15(22-21-10)17(20-9-19-14)26-18-24-23-16(25-18)13-7-6-11-4-2-3-5-12(11)8-13/h2-9H,1H3,(H,21,22). The molecular formula is C18H12N6OS. The molecule has 0 aliphatic rings. The molecule has 2 aromatic carbocycles. The van der Waals surface area contributed by atoms with Gasteiger partial charge in [-0.1, -0.05) is 30.3 Å². The number of hydrogen-bond acceptors (Lipinski definition) is 7. The summed E-state index contributed by atoms with van der Waals surface area (Å²) in [7, 11) is 0. The van der Waals surface area contributed by atoms with Crippen molar-refractivity contribution in [1.82, 2.24) is 30.4 Å². The first-order valence-corrected chi connectivity index (χ1v) is 8.76. The predicted octanol–water partition coefficient (Wildman–Crippen LogP) is 4.02. The maximum atomic E-state index is 5.82. The maximum absolute atomic E-state index is 5.82. The average molecular weight is 360 g/mol. The summed E-state index contributed by atoms with van der Waals surface area (Å²) in [6.45, 7) is 1.92. The average Bonchev–Trinajstić information content (AvgIpc) is 3.29. The summed E-state index contributed by atoms with van der Waals surface area (Å²) in [6, 6.07) is 14.2. The molecule has 0 saturated carbocycles. The Balaban J connectivity index is 1.49. The molecular weight excluding hydrogens is 348 g/mol. The van der Waals surface area contributed by atoms with Crippen molar-refractivity contribution in [3.63, 3.8) is 0 Å². The SMILES string of the molecule is Cc1[nH]nc2c(Sc3nnc(-c4ccc5ccccc5c4)o3)ncnc12. The maximum Gasteiger partial charge on any atom is 0.283 e. The molecule has 0 spiro atoms. The highest BCUT2D eigenvalue weighted by atomic mass is 32.2. The van der Waals surface area contributed by atoms with E-state index in [2.05, 4.69) is 42.5 Å². The summed E-state index contributed by atoms with van der Waals surface area (Å²) >= 11 is 1.28. The number of nitrogens with one attached hydrogen (secondary N) is 1. The van der Waals surface area contributed by atoms with Crippen molar-refractivity contribution in [3.05, 3.63) is 54.5 Å². The lowest BCUT2D eigenvalue weighted by molar-refractivity contribution is 0.466. The zero-order chi connectivity index (χ0) is 17.5. The minimum absolute atomic E-state index is 0.411. The lowest BCUT2D eigenvalue weighted by Crippen LogP contribution is -1.85. The van der Waals surface area contributed by atoms with E-state index in [0.717, 1.165) is 22.2 Å². The molecule has 3 aromatic heterocycles. The topological polar surface area (TPSA) is 93.4 Å². The van der Waals surface area contributed by atoms with Crippen molar-refractivity contribution in [3.8, 4) is 11.5 Å². The van der Waals surface area contributed by atoms with Gasteiger partial charge in [-0.05, 0) is 41.6 Å². The van der Waals surface area contributed by atoms with Gasteiger partial charge in [0.1, 0.15) is 22.4 Å². The second-order valence-electron chi connectivity index (χ2n) is 5.76. The number of H-pyrrole nitrogens is 1. The van der Waals surface area contributed by atoms with Crippen molar-refractivity contribution in [1.29, 1.82) is 0 Å². The monoisotopic (exact) mass is 360 g/mol. The van der Waals surface area contributed by atoms with Crippen LogP contribution in [0.1, 0.15) is 5.69 Å². The van der Waals surface area contributed by atoms with E-state index in [1.54, 1.807) is 0 Å². The van der Waals surface area contributed by atoms with Gasteiger partial charge in [0.2, 0.25) is 5.89 Å². The van der Waals surface area contributed by atoms with Crippen molar-refractivity contribution in [2.75, 3.05) is 0 Å². The van der Waals surface area contributed by atoms with Crippen LogP contribution in [0.2, 0.25) is 0 Å². The van der Waals surface area contributed by atoms with Crippen LogP contribution < -0.4 is 0 Å². The molecule has 0 fully saturated rings. The predicted molar refractivity (Wildman–Crippen MR) is 97.8 cm³/mol. The van der Waals surface area contributed by atoms with Crippen LogP contribution in [0.5, 0.6) is 0 Å². The fourth-order valence-electron chi connectivity index (χ4n) is 2.78. The molecule has 5 rings (SSSR count).